The van der Waals surface area contributed by atoms with E-state index in [2.05, 4.69) is 15.7 Å². The summed E-state index contributed by atoms with van der Waals surface area (Å²) in [6, 6.07) is 14.7. The van der Waals surface area contributed by atoms with Gasteiger partial charge < -0.3 is 10.6 Å². The summed E-state index contributed by atoms with van der Waals surface area (Å²) < 4.78 is 68.9. The molecule has 0 bridgehead atoms. The molecule has 1 aliphatic rings. The van der Waals surface area contributed by atoms with Crippen molar-refractivity contribution < 1.29 is 31.2 Å². The summed E-state index contributed by atoms with van der Waals surface area (Å²) in [5.41, 5.74) is 2.63. The molecule has 4 N–H and O–H groups in total. The van der Waals surface area contributed by atoms with Gasteiger partial charge in [0, 0.05) is 18.5 Å². The van der Waals surface area contributed by atoms with Crippen LogP contribution in [0.25, 0.3) is 22.8 Å². The van der Waals surface area contributed by atoms with Gasteiger partial charge in [-0.2, -0.15) is 23.5 Å². The third-order valence-electron chi connectivity index (χ3n) is 10.8. The van der Waals surface area contributed by atoms with Gasteiger partial charge in [-0.1, -0.05) is 6.07 Å². The molecular weight excluding hydrogens is 762 g/mol. The zero-order chi connectivity index (χ0) is 41.4. The van der Waals surface area contributed by atoms with E-state index in [0.717, 1.165) is 38.0 Å². The highest BCUT2D eigenvalue weighted by Crippen LogP contribution is 2.33. The molecule has 57 heavy (non-hydrogen) atoms. The maximum Gasteiger partial charge on any atom is 0.416 e. The minimum Gasteiger partial charge on any atom is -0.356 e. The lowest BCUT2D eigenvalue weighted by atomic mass is 9.85. The molecule has 2 heterocycles. The monoisotopic (exact) mass is 802 g/mol. The molecule has 0 radical (unpaired) electrons. The van der Waals surface area contributed by atoms with Crippen LogP contribution in [0.2, 0.25) is 0 Å². The van der Waals surface area contributed by atoms with E-state index in [0.29, 0.717) is 54.6 Å². The van der Waals surface area contributed by atoms with Crippen LogP contribution in [0.4, 0.5) is 18.0 Å². The summed E-state index contributed by atoms with van der Waals surface area (Å²) in [7, 11) is -3.93. The Morgan fingerprint density at radius 3 is 2.26 bits per heavy atom. The van der Waals surface area contributed by atoms with E-state index in [9.17, 15) is 41.2 Å². The fourth-order valence-corrected chi connectivity index (χ4v) is 8.31. The summed E-state index contributed by atoms with van der Waals surface area (Å²) in [6.45, 7) is 7.23. The van der Waals surface area contributed by atoms with E-state index in [4.69, 9.17) is 5.14 Å². The Hall–Kier alpha value is -5.99. The van der Waals surface area contributed by atoms with Gasteiger partial charge in [-0.05, 0) is 137 Å². The molecule has 6 rings (SSSR count). The molecule has 2 aromatic heterocycles. The maximum atomic E-state index is 14.2. The number of amides is 2. The summed E-state index contributed by atoms with van der Waals surface area (Å²) in [6.07, 6.45) is -1.12. The lowest BCUT2D eigenvalue weighted by molar-refractivity contribution is -0.137. The summed E-state index contributed by atoms with van der Waals surface area (Å²) in [5.74, 6) is -0.514. The normalized spacial score (nSPS) is 15.9. The Morgan fingerprint density at radius 2 is 1.63 bits per heavy atom. The Balaban J connectivity index is 1.21. The number of nitrogens with one attached hydrogen (secondary N) is 2. The van der Waals surface area contributed by atoms with Crippen LogP contribution in [-0.2, 0) is 27.4 Å². The SMILES string of the molecule is Cc1c(CCNC(=O)C2CCC(NC(=O)n3c(-c4ccnn4-c4ccc(C#N)cc4)c(C)n(-c4cccc(C(F)(F)F)c4)c3=O)CC2)cc(S(N)(=O)=O)c(C)c1C. The number of nitrogens with two attached hydrogens (primary N) is 1. The second-order valence-corrected chi connectivity index (χ2v) is 15.7. The average molecular weight is 803 g/mol. The zero-order valence-corrected chi connectivity index (χ0v) is 32.5. The highest BCUT2D eigenvalue weighted by Gasteiger charge is 2.33. The first kappa shape index (κ1) is 40.7. The molecular formula is C40H41F3N8O5S. The quantitative estimate of drug-likeness (QED) is 0.170. The second-order valence-electron chi connectivity index (χ2n) is 14.2. The Labute approximate surface area is 327 Å². The maximum absolute atomic E-state index is 14.2. The minimum atomic E-state index is -4.68. The number of benzene rings is 3. The van der Waals surface area contributed by atoms with Gasteiger partial charge in [-0.25, -0.2) is 32.4 Å². The molecule has 1 aliphatic carbocycles. The number of primary sulfonamides is 1. The summed E-state index contributed by atoms with van der Waals surface area (Å²) in [4.78, 5) is 41.5. The van der Waals surface area contributed by atoms with Gasteiger partial charge in [-0.15, -0.1) is 0 Å². The highest BCUT2D eigenvalue weighted by atomic mass is 32.2. The molecule has 3 aromatic carbocycles. The Bertz CT molecular complexity index is 2580. The zero-order valence-electron chi connectivity index (χ0n) is 31.6. The summed E-state index contributed by atoms with van der Waals surface area (Å²) in [5, 5.41) is 24.9. The molecule has 298 valence electrons. The number of sulfonamides is 1. The average Bonchev–Trinajstić information content (AvgIpc) is 3.75. The number of carbonyl (C=O) groups is 2. The number of carbonyl (C=O) groups excluding carboxylic acids is 2. The van der Waals surface area contributed by atoms with Gasteiger partial charge in [0.15, 0.2) is 0 Å². The van der Waals surface area contributed by atoms with E-state index in [1.54, 1.807) is 43.3 Å². The third kappa shape index (κ3) is 8.28. The van der Waals surface area contributed by atoms with E-state index in [1.165, 1.54) is 29.9 Å². The Morgan fingerprint density at radius 1 is 0.947 bits per heavy atom. The third-order valence-corrected chi connectivity index (χ3v) is 11.8. The molecule has 13 nitrogen and oxygen atoms in total. The minimum absolute atomic E-state index is 0.0565. The smallest absolute Gasteiger partial charge is 0.356 e. The number of hydrogen-bond donors (Lipinski definition) is 3. The fraction of sp³-hybridized carbons (Fsp3) is 0.325. The van der Waals surface area contributed by atoms with Crippen LogP contribution in [0.5, 0.6) is 0 Å². The van der Waals surface area contributed by atoms with Crippen molar-refractivity contribution in [2.24, 2.45) is 11.1 Å². The Kier molecular flexibility index (Phi) is 11.3. The molecule has 2 amide bonds. The molecule has 0 aliphatic heterocycles. The number of aromatic nitrogens is 4. The van der Waals surface area contributed by atoms with Crippen molar-refractivity contribution in [3.8, 4) is 28.8 Å². The van der Waals surface area contributed by atoms with Gasteiger partial charge in [0.05, 0.1) is 51.1 Å². The van der Waals surface area contributed by atoms with Crippen molar-refractivity contribution in [3.05, 3.63) is 116 Å². The van der Waals surface area contributed by atoms with E-state index in [-0.39, 0.29) is 40.3 Å². The first-order chi connectivity index (χ1) is 26.9. The summed E-state index contributed by atoms with van der Waals surface area (Å²) >= 11 is 0. The van der Waals surface area contributed by atoms with Crippen molar-refractivity contribution in [2.45, 2.75) is 76.9 Å². The molecule has 1 fully saturated rings. The van der Waals surface area contributed by atoms with Crippen LogP contribution >= 0.6 is 0 Å². The highest BCUT2D eigenvalue weighted by molar-refractivity contribution is 7.89. The van der Waals surface area contributed by atoms with Crippen LogP contribution in [0.3, 0.4) is 0 Å². The van der Waals surface area contributed by atoms with Crippen LogP contribution in [0, 0.1) is 44.9 Å². The van der Waals surface area contributed by atoms with Crippen LogP contribution in [0.15, 0.2) is 76.6 Å². The lowest BCUT2D eigenvalue weighted by Gasteiger charge is -2.28. The van der Waals surface area contributed by atoms with Gasteiger partial charge >= 0.3 is 17.9 Å². The van der Waals surface area contributed by atoms with Gasteiger partial charge in [-0.3, -0.25) is 9.36 Å². The van der Waals surface area contributed by atoms with Crippen molar-refractivity contribution >= 4 is 22.0 Å². The largest absolute Gasteiger partial charge is 0.416 e. The van der Waals surface area contributed by atoms with Gasteiger partial charge in [0.2, 0.25) is 15.9 Å². The lowest BCUT2D eigenvalue weighted by Crippen LogP contribution is -2.45. The van der Waals surface area contributed by atoms with Crippen molar-refractivity contribution in [3.63, 3.8) is 0 Å². The molecule has 0 unspecified atom stereocenters. The fourth-order valence-electron chi connectivity index (χ4n) is 7.43. The topological polar surface area (TPSA) is 187 Å². The number of hydrogen-bond acceptors (Lipinski definition) is 7. The number of halogens is 3. The molecule has 1 saturated carbocycles. The molecule has 5 aromatic rings. The predicted octanol–water partition coefficient (Wildman–Crippen LogP) is 5.74. The number of rotatable bonds is 9. The number of imidazole rings is 1. The molecule has 17 heteroatoms. The van der Waals surface area contributed by atoms with Crippen LogP contribution < -0.4 is 21.5 Å². The number of nitrogens with zero attached hydrogens (tertiary/aromatic N) is 5. The second kappa shape index (κ2) is 15.9. The van der Waals surface area contributed by atoms with Crippen LogP contribution in [-0.4, -0.2) is 51.9 Å². The van der Waals surface area contributed by atoms with E-state index >= 15 is 0 Å². The standard InChI is InChI=1S/C40H41F3N8O5S/c1-23-24(2)29(20-35(25(23)3)57(45,55)56)16-18-46-37(52)28-10-12-31(13-11-28)48-38(53)50-36(34-17-19-47-51(34)32-14-8-27(22-44)9-15-32)26(4)49(39(50)54)33-7-5-6-30(21-33)40(41,42)43/h5-9,14-15,17,19-21,28,31H,10-13,16,18H2,1-4H3,(H,46,52)(H,48,53)(H2,45,55,56). The number of alkyl halides is 3. The number of nitriles is 1. The van der Waals surface area contributed by atoms with Crippen molar-refractivity contribution in [2.75, 3.05) is 6.54 Å². The molecule has 0 saturated heterocycles. The van der Waals surface area contributed by atoms with Gasteiger partial charge in [0.1, 0.15) is 5.69 Å². The van der Waals surface area contributed by atoms with E-state index < -0.39 is 39.5 Å². The predicted molar refractivity (Wildman–Crippen MR) is 205 cm³/mol. The first-order valence-electron chi connectivity index (χ1n) is 18.2. The van der Waals surface area contributed by atoms with Crippen molar-refractivity contribution in [1.29, 1.82) is 5.26 Å². The molecule has 0 spiro atoms. The van der Waals surface area contributed by atoms with Gasteiger partial charge in [0.25, 0.3) is 0 Å². The van der Waals surface area contributed by atoms with Crippen molar-refractivity contribution in [1.82, 2.24) is 29.5 Å². The van der Waals surface area contributed by atoms with E-state index in [1.807, 2.05) is 19.9 Å². The molecule has 0 atom stereocenters. The first-order valence-corrected chi connectivity index (χ1v) is 19.7. The van der Waals surface area contributed by atoms with Crippen LogP contribution in [0.1, 0.15) is 64.8 Å².